The van der Waals surface area contributed by atoms with Crippen LogP contribution in [0.4, 0.5) is 0 Å². The summed E-state index contributed by atoms with van der Waals surface area (Å²) in [5.41, 5.74) is 1.15. The highest BCUT2D eigenvalue weighted by Gasteiger charge is 2.01. The van der Waals surface area contributed by atoms with Gasteiger partial charge in [0, 0.05) is 24.3 Å². The Hall–Kier alpha value is -0.870. The van der Waals surface area contributed by atoms with Gasteiger partial charge in [0.15, 0.2) is 4.96 Å². The number of nitrogens with one attached hydrogen (secondary N) is 1. The Morgan fingerprint density at radius 1 is 1.26 bits per heavy atom. The van der Waals surface area contributed by atoms with E-state index in [4.69, 9.17) is 0 Å². The highest BCUT2D eigenvalue weighted by molar-refractivity contribution is 7.15. The van der Waals surface area contributed by atoms with E-state index in [2.05, 4.69) is 46.3 Å². The van der Waals surface area contributed by atoms with Gasteiger partial charge in [-0.3, -0.25) is 4.40 Å². The Balaban J connectivity index is 1.51. The minimum atomic E-state index is 0.855. The van der Waals surface area contributed by atoms with E-state index in [0.29, 0.717) is 0 Å². The lowest BCUT2D eigenvalue weighted by Crippen LogP contribution is -2.14. The lowest BCUT2D eigenvalue weighted by atomic mass is 10.0. The summed E-state index contributed by atoms with van der Waals surface area (Å²) in [5.74, 6) is 0.855. The lowest BCUT2D eigenvalue weighted by Gasteiger charge is -2.05. The first kappa shape index (κ1) is 14.5. The molecule has 0 radical (unpaired) electrons. The van der Waals surface area contributed by atoms with Crippen LogP contribution in [0.5, 0.6) is 0 Å². The molecule has 0 aromatic carbocycles. The Morgan fingerprint density at radius 2 is 2.11 bits per heavy atom. The molecular formula is C15H25N3S. The number of hydrogen-bond acceptors (Lipinski definition) is 3. The van der Waals surface area contributed by atoms with Gasteiger partial charge in [-0.2, -0.15) is 0 Å². The highest BCUT2D eigenvalue weighted by Crippen LogP contribution is 2.11. The zero-order valence-electron chi connectivity index (χ0n) is 12.1. The zero-order chi connectivity index (χ0) is 13.5. The van der Waals surface area contributed by atoms with Crippen molar-refractivity contribution in [3.8, 4) is 0 Å². The van der Waals surface area contributed by atoms with E-state index < -0.39 is 0 Å². The van der Waals surface area contributed by atoms with Crippen LogP contribution in [0, 0.1) is 5.92 Å². The molecule has 0 saturated carbocycles. The van der Waals surface area contributed by atoms with Gasteiger partial charge in [0.05, 0.1) is 5.69 Å². The van der Waals surface area contributed by atoms with E-state index in [9.17, 15) is 0 Å². The third-order valence-electron chi connectivity index (χ3n) is 3.33. The minimum Gasteiger partial charge on any atom is -0.311 e. The molecule has 3 nitrogen and oxygen atoms in total. The first-order chi connectivity index (χ1) is 9.25. The summed E-state index contributed by atoms with van der Waals surface area (Å²) in [4.78, 5) is 5.65. The largest absolute Gasteiger partial charge is 0.311 e. The Kier molecular flexibility index (Phi) is 5.86. The molecule has 1 N–H and O–H groups in total. The fourth-order valence-corrected chi connectivity index (χ4v) is 2.95. The first-order valence-electron chi connectivity index (χ1n) is 7.37. The van der Waals surface area contributed by atoms with Crippen LogP contribution in [-0.2, 0) is 6.54 Å². The molecule has 0 unspecified atom stereocenters. The van der Waals surface area contributed by atoms with Crippen LogP contribution in [-0.4, -0.2) is 15.9 Å². The van der Waals surface area contributed by atoms with Gasteiger partial charge in [0.25, 0.3) is 0 Å². The van der Waals surface area contributed by atoms with E-state index >= 15 is 0 Å². The van der Waals surface area contributed by atoms with Crippen molar-refractivity contribution in [1.82, 2.24) is 14.7 Å². The van der Waals surface area contributed by atoms with Crippen molar-refractivity contribution >= 4 is 16.3 Å². The van der Waals surface area contributed by atoms with Crippen LogP contribution in [0.15, 0.2) is 17.8 Å². The molecule has 106 valence electrons. The van der Waals surface area contributed by atoms with Crippen LogP contribution in [0.2, 0.25) is 0 Å². The second kappa shape index (κ2) is 7.65. The maximum absolute atomic E-state index is 4.56. The molecule has 0 aliphatic carbocycles. The molecule has 0 atom stereocenters. The summed E-state index contributed by atoms with van der Waals surface area (Å²) in [7, 11) is 0. The number of rotatable bonds is 9. The molecule has 0 aliphatic heterocycles. The minimum absolute atomic E-state index is 0.855. The molecule has 0 saturated heterocycles. The van der Waals surface area contributed by atoms with Crippen molar-refractivity contribution in [2.75, 3.05) is 6.54 Å². The number of fused-ring (bicyclic) bond motifs is 1. The highest BCUT2D eigenvalue weighted by atomic mass is 32.1. The number of nitrogens with zero attached hydrogens (tertiary/aromatic N) is 2. The Labute approximate surface area is 120 Å². The maximum atomic E-state index is 4.56. The molecule has 4 heteroatoms. The second-order valence-corrected chi connectivity index (χ2v) is 6.47. The normalized spacial score (nSPS) is 11.7. The number of unbranched alkanes of at least 4 members (excludes halogenated alkanes) is 3. The predicted octanol–water partition coefficient (Wildman–Crippen LogP) is 4.09. The van der Waals surface area contributed by atoms with Crippen molar-refractivity contribution < 1.29 is 0 Å². The monoisotopic (exact) mass is 279 g/mol. The second-order valence-electron chi connectivity index (χ2n) is 5.60. The summed E-state index contributed by atoms with van der Waals surface area (Å²) in [6, 6.07) is 0. The summed E-state index contributed by atoms with van der Waals surface area (Å²) in [6.07, 6.45) is 10.9. The first-order valence-corrected chi connectivity index (χ1v) is 8.25. The predicted molar refractivity (Wildman–Crippen MR) is 82.7 cm³/mol. The van der Waals surface area contributed by atoms with Gasteiger partial charge in [-0.1, -0.05) is 39.5 Å². The van der Waals surface area contributed by atoms with Crippen molar-refractivity contribution in [3.63, 3.8) is 0 Å². The number of hydrogen-bond donors (Lipinski definition) is 1. The summed E-state index contributed by atoms with van der Waals surface area (Å²) < 4.78 is 2.09. The van der Waals surface area contributed by atoms with E-state index in [0.717, 1.165) is 29.7 Å². The van der Waals surface area contributed by atoms with Gasteiger partial charge < -0.3 is 5.32 Å². The summed E-state index contributed by atoms with van der Waals surface area (Å²) >= 11 is 1.69. The fourth-order valence-electron chi connectivity index (χ4n) is 2.23. The number of imidazole rings is 1. The molecule has 2 aromatic rings. The average Bonchev–Trinajstić information content (AvgIpc) is 2.92. The smallest absolute Gasteiger partial charge is 0.193 e. The van der Waals surface area contributed by atoms with Gasteiger partial charge in [-0.25, -0.2) is 4.98 Å². The summed E-state index contributed by atoms with van der Waals surface area (Å²) in [5, 5.41) is 5.55. The van der Waals surface area contributed by atoms with Crippen molar-refractivity contribution in [2.24, 2.45) is 5.92 Å². The molecule has 19 heavy (non-hydrogen) atoms. The van der Waals surface area contributed by atoms with E-state index in [1.165, 1.54) is 32.1 Å². The molecule has 0 bridgehead atoms. The van der Waals surface area contributed by atoms with Crippen LogP contribution >= 0.6 is 11.3 Å². The lowest BCUT2D eigenvalue weighted by molar-refractivity contribution is 0.512. The number of aromatic nitrogens is 2. The standard InChI is InChI=1S/C15H25N3S/c1-13(2)7-5-3-4-6-8-16-11-14-12-18-9-10-19-15(18)17-14/h9-10,12-13,16H,3-8,11H2,1-2H3. The van der Waals surface area contributed by atoms with Crippen LogP contribution in [0.25, 0.3) is 4.96 Å². The molecule has 0 aliphatic rings. The van der Waals surface area contributed by atoms with Gasteiger partial charge in [0.1, 0.15) is 0 Å². The molecule has 2 heterocycles. The Morgan fingerprint density at radius 3 is 2.89 bits per heavy atom. The van der Waals surface area contributed by atoms with Gasteiger partial charge >= 0.3 is 0 Å². The Bertz CT molecular complexity index is 444. The topological polar surface area (TPSA) is 29.3 Å². The SMILES string of the molecule is CC(C)CCCCCCNCc1cn2ccsc2n1. The molecule has 0 fully saturated rings. The molecule has 2 aromatic heterocycles. The van der Waals surface area contributed by atoms with Crippen LogP contribution in [0.3, 0.4) is 0 Å². The molecule has 2 rings (SSSR count). The average molecular weight is 279 g/mol. The van der Waals surface area contributed by atoms with Crippen molar-refractivity contribution in [2.45, 2.75) is 52.5 Å². The molecule has 0 spiro atoms. The quantitative estimate of drug-likeness (QED) is 0.700. The van der Waals surface area contributed by atoms with Gasteiger partial charge in [0.2, 0.25) is 0 Å². The zero-order valence-corrected chi connectivity index (χ0v) is 12.9. The third-order valence-corrected chi connectivity index (χ3v) is 4.11. The summed E-state index contributed by atoms with van der Waals surface area (Å²) in [6.45, 7) is 6.60. The van der Waals surface area contributed by atoms with Gasteiger partial charge in [-0.15, -0.1) is 11.3 Å². The van der Waals surface area contributed by atoms with E-state index in [-0.39, 0.29) is 0 Å². The number of thiazole rings is 1. The third kappa shape index (κ3) is 4.96. The van der Waals surface area contributed by atoms with E-state index in [1.807, 2.05) is 0 Å². The van der Waals surface area contributed by atoms with Crippen molar-refractivity contribution in [1.29, 1.82) is 0 Å². The van der Waals surface area contributed by atoms with Crippen LogP contribution < -0.4 is 5.32 Å². The van der Waals surface area contributed by atoms with Crippen molar-refractivity contribution in [3.05, 3.63) is 23.5 Å². The van der Waals surface area contributed by atoms with E-state index in [1.54, 1.807) is 11.3 Å². The van der Waals surface area contributed by atoms with Crippen LogP contribution in [0.1, 0.15) is 51.6 Å². The molecular weight excluding hydrogens is 254 g/mol. The fraction of sp³-hybridized carbons (Fsp3) is 0.667. The molecule has 0 amide bonds. The maximum Gasteiger partial charge on any atom is 0.193 e. The van der Waals surface area contributed by atoms with Gasteiger partial charge in [-0.05, 0) is 18.9 Å².